The summed E-state index contributed by atoms with van der Waals surface area (Å²) in [6.45, 7) is 0. The summed E-state index contributed by atoms with van der Waals surface area (Å²) in [5, 5.41) is 17.6. The molecule has 0 atom stereocenters. The Balaban J connectivity index is 2.29. The fraction of sp³-hybridized carbons (Fsp3) is 0. The molecular weight excluding hydrogens is 202 g/mol. The van der Waals surface area contributed by atoms with Crippen molar-refractivity contribution >= 4 is 5.65 Å². The second-order valence-corrected chi connectivity index (χ2v) is 3.51. The molecule has 1 N–H and O–H groups in total. The molecular formula is C12H9N3O. The van der Waals surface area contributed by atoms with Crippen molar-refractivity contribution in [2.24, 2.45) is 0 Å². The summed E-state index contributed by atoms with van der Waals surface area (Å²) in [6.07, 6.45) is 1.61. The molecule has 0 amide bonds. The Kier molecular flexibility index (Phi) is 1.86. The van der Waals surface area contributed by atoms with E-state index in [9.17, 15) is 5.11 Å². The van der Waals surface area contributed by atoms with Crippen molar-refractivity contribution in [2.45, 2.75) is 0 Å². The summed E-state index contributed by atoms with van der Waals surface area (Å²) >= 11 is 0. The third kappa shape index (κ3) is 1.32. The van der Waals surface area contributed by atoms with Crippen molar-refractivity contribution in [2.75, 3.05) is 0 Å². The number of nitrogens with zero attached hydrogens (tertiary/aromatic N) is 3. The first-order valence-electron chi connectivity index (χ1n) is 4.94. The first-order valence-corrected chi connectivity index (χ1v) is 4.94. The second-order valence-electron chi connectivity index (χ2n) is 3.51. The molecule has 0 radical (unpaired) electrons. The molecule has 78 valence electrons. The van der Waals surface area contributed by atoms with Gasteiger partial charge in [0.15, 0.2) is 11.5 Å². The van der Waals surface area contributed by atoms with Gasteiger partial charge in [0.05, 0.1) is 6.20 Å². The molecule has 0 saturated carbocycles. The summed E-state index contributed by atoms with van der Waals surface area (Å²) in [4.78, 5) is 0. The zero-order chi connectivity index (χ0) is 11.0. The summed E-state index contributed by atoms with van der Waals surface area (Å²) in [7, 11) is 0. The molecule has 3 rings (SSSR count). The molecule has 2 heterocycles. The number of fused-ring (bicyclic) bond motifs is 1. The molecule has 1 aromatic carbocycles. The normalized spacial score (nSPS) is 10.8. The number of hydrogen-bond acceptors (Lipinski definition) is 3. The minimum Gasteiger partial charge on any atom is -0.506 e. The maximum Gasteiger partial charge on any atom is 0.168 e. The van der Waals surface area contributed by atoms with Crippen molar-refractivity contribution < 1.29 is 5.11 Å². The van der Waals surface area contributed by atoms with Crippen LogP contribution in [-0.2, 0) is 0 Å². The van der Waals surface area contributed by atoms with Crippen LogP contribution in [0.3, 0.4) is 0 Å². The molecule has 4 nitrogen and oxygen atoms in total. The van der Waals surface area contributed by atoms with Crippen LogP contribution in [0.25, 0.3) is 17.0 Å². The van der Waals surface area contributed by atoms with Gasteiger partial charge in [-0.1, -0.05) is 30.3 Å². The Morgan fingerprint density at radius 1 is 0.938 bits per heavy atom. The van der Waals surface area contributed by atoms with E-state index in [1.165, 1.54) is 0 Å². The molecule has 0 saturated heterocycles. The quantitative estimate of drug-likeness (QED) is 0.670. The lowest BCUT2D eigenvalue weighted by molar-refractivity contribution is 0.472. The highest BCUT2D eigenvalue weighted by molar-refractivity contribution is 5.59. The third-order valence-electron chi connectivity index (χ3n) is 2.42. The number of hydrogen-bond donors (Lipinski definition) is 1. The van der Waals surface area contributed by atoms with Crippen LogP contribution in [0.2, 0.25) is 0 Å². The van der Waals surface area contributed by atoms with Crippen LogP contribution in [0.1, 0.15) is 0 Å². The van der Waals surface area contributed by atoms with E-state index < -0.39 is 0 Å². The van der Waals surface area contributed by atoms with Crippen LogP contribution in [0, 0.1) is 0 Å². The van der Waals surface area contributed by atoms with Crippen molar-refractivity contribution in [1.82, 2.24) is 14.6 Å². The van der Waals surface area contributed by atoms with E-state index in [4.69, 9.17) is 0 Å². The average Bonchev–Trinajstić information content (AvgIpc) is 2.73. The third-order valence-corrected chi connectivity index (χ3v) is 2.42. The van der Waals surface area contributed by atoms with Gasteiger partial charge in [0.25, 0.3) is 0 Å². The van der Waals surface area contributed by atoms with Gasteiger partial charge in [-0.15, -0.1) is 10.2 Å². The summed E-state index contributed by atoms with van der Waals surface area (Å²) in [6, 6.07) is 13.1. The number of aromatic hydroxyl groups is 1. The largest absolute Gasteiger partial charge is 0.506 e. The van der Waals surface area contributed by atoms with Gasteiger partial charge in [-0.2, -0.15) is 0 Å². The van der Waals surface area contributed by atoms with Crippen LogP contribution in [0.15, 0.2) is 48.7 Å². The van der Waals surface area contributed by atoms with Crippen molar-refractivity contribution in [3.05, 3.63) is 48.7 Å². The Morgan fingerprint density at radius 3 is 2.56 bits per heavy atom. The fourth-order valence-corrected chi connectivity index (χ4v) is 1.66. The van der Waals surface area contributed by atoms with Gasteiger partial charge < -0.3 is 5.11 Å². The standard InChI is InChI=1S/C12H9N3O/c16-10-6-7-11-13-14-12(15(11)8-10)9-4-2-1-3-5-9/h1-8,16H. The van der Waals surface area contributed by atoms with Crippen molar-refractivity contribution in [3.8, 4) is 17.1 Å². The van der Waals surface area contributed by atoms with Crippen LogP contribution in [0.4, 0.5) is 0 Å². The SMILES string of the molecule is Oc1ccc2nnc(-c3ccccc3)n2c1. The van der Waals surface area contributed by atoms with E-state index in [0.717, 1.165) is 17.0 Å². The lowest BCUT2D eigenvalue weighted by Crippen LogP contribution is -1.88. The number of benzene rings is 1. The molecule has 4 heteroatoms. The van der Waals surface area contributed by atoms with Crippen LogP contribution in [-0.4, -0.2) is 19.7 Å². The van der Waals surface area contributed by atoms with E-state index in [-0.39, 0.29) is 5.75 Å². The maximum absolute atomic E-state index is 9.44. The van der Waals surface area contributed by atoms with E-state index in [1.807, 2.05) is 30.3 Å². The van der Waals surface area contributed by atoms with Gasteiger partial charge in [-0.25, -0.2) is 0 Å². The van der Waals surface area contributed by atoms with E-state index in [0.29, 0.717) is 0 Å². The predicted molar refractivity (Wildman–Crippen MR) is 60.1 cm³/mol. The highest BCUT2D eigenvalue weighted by Crippen LogP contribution is 2.19. The minimum atomic E-state index is 0.199. The van der Waals surface area contributed by atoms with E-state index in [1.54, 1.807) is 22.7 Å². The van der Waals surface area contributed by atoms with Gasteiger partial charge in [0, 0.05) is 5.56 Å². The van der Waals surface area contributed by atoms with E-state index in [2.05, 4.69) is 10.2 Å². The van der Waals surface area contributed by atoms with Crippen LogP contribution < -0.4 is 0 Å². The molecule has 0 fully saturated rings. The Bertz CT molecular complexity index is 631. The van der Waals surface area contributed by atoms with Crippen molar-refractivity contribution in [3.63, 3.8) is 0 Å². The highest BCUT2D eigenvalue weighted by Gasteiger charge is 2.07. The average molecular weight is 211 g/mol. The zero-order valence-corrected chi connectivity index (χ0v) is 8.41. The van der Waals surface area contributed by atoms with Gasteiger partial charge in [0.1, 0.15) is 5.75 Å². The van der Waals surface area contributed by atoms with Gasteiger partial charge in [0.2, 0.25) is 0 Å². The van der Waals surface area contributed by atoms with Gasteiger partial charge in [-0.3, -0.25) is 4.40 Å². The molecule has 0 aliphatic heterocycles. The molecule has 0 aliphatic rings. The smallest absolute Gasteiger partial charge is 0.168 e. The lowest BCUT2D eigenvalue weighted by Gasteiger charge is -1.99. The Hall–Kier alpha value is -2.36. The molecule has 3 aromatic rings. The first-order chi connectivity index (χ1) is 7.84. The molecule has 2 aromatic heterocycles. The minimum absolute atomic E-state index is 0.199. The van der Waals surface area contributed by atoms with Crippen molar-refractivity contribution in [1.29, 1.82) is 0 Å². The molecule has 0 bridgehead atoms. The van der Waals surface area contributed by atoms with Gasteiger partial charge >= 0.3 is 0 Å². The second kappa shape index (κ2) is 3.34. The zero-order valence-electron chi connectivity index (χ0n) is 8.41. The van der Waals surface area contributed by atoms with Crippen LogP contribution >= 0.6 is 0 Å². The highest BCUT2D eigenvalue weighted by atomic mass is 16.3. The maximum atomic E-state index is 9.44. The van der Waals surface area contributed by atoms with E-state index >= 15 is 0 Å². The fourth-order valence-electron chi connectivity index (χ4n) is 1.66. The summed E-state index contributed by atoms with van der Waals surface area (Å²) in [5.74, 6) is 0.927. The van der Waals surface area contributed by atoms with Crippen LogP contribution in [0.5, 0.6) is 5.75 Å². The number of pyridine rings is 1. The topological polar surface area (TPSA) is 50.4 Å². The lowest BCUT2D eigenvalue weighted by atomic mass is 10.2. The molecule has 16 heavy (non-hydrogen) atoms. The number of aromatic nitrogens is 3. The molecule has 0 spiro atoms. The molecule has 0 unspecified atom stereocenters. The number of rotatable bonds is 1. The Labute approximate surface area is 91.8 Å². The predicted octanol–water partition coefficient (Wildman–Crippen LogP) is 2.10. The summed E-state index contributed by atoms with van der Waals surface area (Å²) < 4.78 is 1.77. The van der Waals surface area contributed by atoms with Gasteiger partial charge in [-0.05, 0) is 12.1 Å². The Morgan fingerprint density at radius 2 is 1.75 bits per heavy atom. The summed E-state index contributed by atoms with van der Waals surface area (Å²) in [5.41, 5.74) is 1.69. The monoisotopic (exact) mass is 211 g/mol. The first kappa shape index (κ1) is 8.91. The molecule has 0 aliphatic carbocycles.